The number of carbonyl (C=O) groups is 1. The second-order valence-corrected chi connectivity index (χ2v) is 4.78. The van der Waals surface area contributed by atoms with Gasteiger partial charge in [-0.2, -0.15) is 0 Å². The Hall–Kier alpha value is -2.14. The van der Waals surface area contributed by atoms with Crippen LogP contribution in [0.4, 0.5) is 0 Å². The van der Waals surface area contributed by atoms with Crippen LogP contribution in [0.3, 0.4) is 0 Å². The van der Waals surface area contributed by atoms with Gasteiger partial charge in [0.25, 0.3) is 5.91 Å². The lowest BCUT2D eigenvalue weighted by Gasteiger charge is -2.10. The van der Waals surface area contributed by atoms with Crippen molar-refractivity contribution in [2.24, 2.45) is 0 Å². The topological polar surface area (TPSA) is 64.4 Å². The third kappa shape index (κ3) is 3.45. The van der Waals surface area contributed by atoms with E-state index in [1.54, 1.807) is 13.2 Å². The number of aryl methyl sites for hydroxylation is 1. The number of benzene rings is 1. The minimum atomic E-state index is -0.266. The van der Waals surface area contributed by atoms with Gasteiger partial charge in [0.2, 0.25) is 0 Å². The van der Waals surface area contributed by atoms with E-state index in [9.17, 15) is 4.79 Å². The molecule has 1 aromatic carbocycles. The average molecular weight is 274 g/mol. The number of rotatable bonds is 5. The first kappa shape index (κ1) is 14.3. The van der Waals surface area contributed by atoms with Gasteiger partial charge in [-0.3, -0.25) is 4.79 Å². The van der Waals surface area contributed by atoms with E-state index in [-0.39, 0.29) is 17.6 Å². The second-order valence-electron chi connectivity index (χ2n) is 4.78. The number of methoxy groups -OCH3 is 1. The van der Waals surface area contributed by atoms with Gasteiger partial charge in [-0.15, -0.1) is 0 Å². The summed E-state index contributed by atoms with van der Waals surface area (Å²) in [5, 5.41) is 6.59. The summed E-state index contributed by atoms with van der Waals surface area (Å²) in [7, 11) is 1.59. The maximum atomic E-state index is 12.0. The minimum Gasteiger partial charge on any atom is -0.383 e. The van der Waals surface area contributed by atoms with Crippen LogP contribution in [0.2, 0.25) is 0 Å². The lowest BCUT2D eigenvalue weighted by molar-refractivity contribution is 0.0896. The summed E-state index contributed by atoms with van der Waals surface area (Å²) in [6.07, 6.45) is 0. The molecule has 0 bridgehead atoms. The summed E-state index contributed by atoms with van der Waals surface area (Å²) in [5.41, 5.74) is 2.30. The molecule has 0 fully saturated rings. The van der Waals surface area contributed by atoms with Crippen molar-refractivity contribution >= 4 is 5.91 Å². The van der Waals surface area contributed by atoms with Gasteiger partial charge in [0, 0.05) is 24.8 Å². The predicted molar refractivity (Wildman–Crippen MR) is 75.5 cm³/mol. The Balaban J connectivity index is 2.11. The van der Waals surface area contributed by atoms with Gasteiger partial charge in [-0.25, -0.2) is 0 Å². The van der Waals surface area contributed by atoms with Gasteiger partial charge in [-0.1, -0.05) is 28.9 Å². The maximum Gasteiger partial charge on any atom is 0.273 e. The molecule has 106 valence electrons. The third-order valence-electron chi connectivity index (χ3n) is 2.84. The number of aromatic nitrogens is 1. The van der Waals surface area contributed by atoms with Gasteiger partial charge in [0.05, 0.1) is 6.61 Å². The molecule has 1 aromatic heterocycles. The highest BCUT2D eigenvalue weighted by Crippen LogP contribution is 2.21. The van der Waals surface area contributed by atoms with Crippen LogP contribution in [0, 0.1) is 6.92 Å². The molecule has 1 heterocycles. The summed E-state index contributed by atoms with van der Waals surface area (Å²) in [6.45, 7) is 4.32. The standard InChI is InChI=1S/C15H18N2O3/c1-10-5-4-6-12(7-10)14-8-13(17-20-14)15(18)16-11(2)9-19-3/h4-8,11H,9H2,1-3H3,(H,16,18)/t11-/m0/s1. The number of nitrogens with one attached hydrogen (secondary N) is 1. The van der Waals surface area contributed by atoms with Crippen molar-refractivity contribution in [3.8, 4) is 11.3 Å². The van der Waals surface area contributed by atoms with Crippen molar-refractivity contribution in [2.45, 2.75) is 19.9 Å². The average Bonchev–Trinajstić information content (AvgIpc) is 2.88. The van der Waals surface area contributed by atoms with Crippen molar-refractivity contribution in [1.82, 2.24) is 10.5 Å². The molecular formula is C15H18N2O3. The van der Waals surface area contributed by atoms with E-state index < -0.39 is 0 Å². The molecule has 5 heteroatoms. The lowest BCUT2D eigenvalue weighted by Crippen LogP contribution is -2.35. The summed E-state index contributed by atoms with van der Waals surface area (Å²) in [5.74, 6) is 0.315. The molecule has 0 radical (unpaired) electrons. The van der Waals surface area contributed by atoms with E-state index in [0.29, 0.717) is 12.4 Å². The molecule has 5 nitrogen and oxygen atoms in total. The van der Waals surface area contributed by atoms with Crippen LogP contribution in [0.1, 0.15) is 23.0 Å². The fourth-order valence-corrected chi connectivity index (χ4v) is 1.91. The van der Waals surface area contributed by atoms with E-state index >= 15 is 0 Å². The molecule has 0 aliphatic rings. The van der Waals surface area contributed by atoms with Crippen LogP contribution in [-0.4, -0.2) is 30.8 Å². The Morgan fingerprint density at radius 2 is 2.25 bits per heavy atom. The molecule has 0 saturated heterocycles. The number of nitrogens with zero attached hydrogens (tertiary/aromatic N) is 1. The van der Waals surface area contributed by atoms with Crippen molar-refractivity contribution in [2.75, 3.05) is 13.7 Å². The molecule has 20 heavy (non-hydrogen) atoms. The molecule has 2 aromatic rings. The minimum absolute atomic E-state index is 0.0772. The zero-order valence-electron chi connectivity index (χ0n) is 11.8. The molecule has 0 unspecified atom stereocenters. The fourth-order valence-electron chi connectivity index (χ4n) is 1.91. The highest BCUT2D eigenvalue weighted by Gasteiger charge is 2.15. The zero-order valence-corrected chi connectivity index (χ0v) is 11.8. The molecule has 1 amide bonds. The van der Waals surface area contributed by atoms with E-state index in [2.05, 4.69) is 10.5 Å². The SMILES string of the molecule is COC[C@H](C)NC(=O)c1cc(-c2cccc(C)c2)on1. The predicted octanol–water partition coefficient (Wildman–Crippen LogP) is 2.41. The monoisotopic (exact) mass is 274 g/mol. The van der Waals surface area contributed by atoms with Crippen molar-refractivity contribution in [3.63, 3.8) is 0 Å². The van der Waals surface area contributed by atoms with Crippen molar-refractivity contribution < 1.29 is 14.1 Å². The highest BCUT2D eigenvalue weighted by atomic mass is 16.5. The van der Waals surface area contributed by atoms with E-state index in [4.69, 9.17) is 9.26 Å². The van der Waals surface area contributed by atoms with Crippen LogP contribution in [-0.2, 0) is 4.74 Å². The second kappa shape index (κ2) is 6.34. The lowest BCUT2D eigenvalue weighted by atomic mass is 10.1. The van der Waals surface area contributed by atoms with E-state index in [1.807, 2.05) is 38.1 Å². The molecule has 1 atom stereocenters. The van der Waals surface area contributed by atoms with E-state index in [0.717, 1.165) is 11.1 Å². The summed E-state index contributed by atoms with van der Waals surface area (Å²) in [4.78, 5) is 12.0. The molecule has 0 saturated carbocycles. The first-order chi connectivity index (χ1) is 9.60. The number of carbonyl (C=O) groups excluding carboxylic acids is 1. The normalized spacial score (nSPS) is 12.2. The number of hydrogen-bond donors (Lipinski definition) is 1. The number of hydrogen-bond acceptors (Lipinski definition) is 4. The Morgan fingerprint density at radius 3 is 2.95 bits per heavy atom. The van der Waals surface area contributed by atoms with Gasteiger partial charge in [-0.05, 0) is 19.9 Å². The molecular weight excluding hydrogens is 256 g/mol. The Kier molecular flexibility index (Phi) is 4.53. The Labute approximate surface area is 117 Å². The van der Waals surface area contributed by atoms with Crippen molar-refractivity contribution in [1.29, 1.82) is 0 Å². The van der Waals surface area contributed by atoms with Gasteiger partial charge in [0.1, 0.15) is 0 Å². The highest BCUT2D eigenvalue weighted by molar-refractivity contribution is 5.93. The molecule has 0 spiro atoms. The fraction of sp³-hybridized carbons (Fsp3) is 0.333. The number of amides is 1. The van der Waals surface area contributed by atoms with E-state index in [1.165, 1.54) is 0 Å². The number of ether oxygens (including phenoxy) is 1. The van der Waals surface area contributed by atoms with Crippen LogP contribution in [0.15, 0.2) is 34.9 Å². The molecule has 0 aliphatic carbocycles. The van der Waals surface area contributed by atoms with Crippen LogP contribution < -0.4 is 5.32 Å². The Morgan fingerprint density at radius 1 is 1.45 bits per heavy atom. The third-order valence-corrected chi connectivity index (χ3v) is 2.84. The van der Waals surface area contributed by atoms with Crippen LogP contribution in [0.25, 0.3) is 11.3 Å². The van der Waals surface area contributed by atoms with Gasteiger partial charge in [0.15, 0.2) is 11.5 Å². The van der Waals surface area contributed by atoms with Crippen LogP contribution >= 0.6 is 0 Å². The summed E-state index contributed by atoms with van der Waals surface area (Å²) >= 11 is 0. The quantitative estimate of drug-likeness (QED) is 0.909. The first-order valence-corrected chi connectivity index (χ1v) is 6.43. The molecule has 1 N–H and O–H groups in total. The summed E-state index contributed by atoms with van der Waals surface area (Å²) in [6, 6.07) is 9.40. The largest absolute Gasteiger partial charge is 0.383 e. The smallest absolute Gasteiger partial charge is 0.273 e. The van der Waals surface area contributed by atoms with Crippen molar-refractivity contribution in [3.05, 3.63) is 41.6 Å². The first-order valence-electron chi connectivity index (χ1n) is 6.43. The molecule has 2 rings (SSSR count). The molecule has 0 aliphatic heterocycles. The Bertz CT molecular complexity index is 592. The van der Waals surface area contributed by atoms with Crippen LogP contribution in [0.5, 0.6) is 0 Å². The van der Waals surface area contributed by atoms with Gasteiger partial charge < -0.3 is 14.6 Å². The summed E-state index contributed by atoms with van der Waals surface area (Å²) < 4.78 is 10.2. The maximum absolute atomic E-state index is 12.0. The van der Waals surface area contributed by atoms with Gasteiger partial charge >= 0.3 is 0 Å². The zero-order chi connectivity index (χ0) is 14.5.